The lowest BCUT2D eigenvalue weighted by Gasteiger charge is -2.46. The Bertz CT molecular complexity index is 316. The van der Waals surface area contributed by atoms with Crippen LogP contribution in [0.4, 0.5) is 0 Å². The van der Waals surface area contributed by atoms with Crippen LogP contribution in [0, 0.1) is 16.7 Å². The Kier molecular flexibility index (Phi) is 5.43. The number of hydrogen-bond acceptors (Lipinski definition) is 3. The monoisotopic (exact) mass is 269 g/mol. The minimum absolute atomic E-state index is 0.00113. The second-order valence-corrected chi connectivity index (χ2v) is 7.14. The maximum Gasteiger partial charge on any atom is 0.312 e. The molecule has 3 atom stereocenters. The Balaban J connectivity index is 2.67. The molecule has 1 saturated carbocycles. The van der Waals surface area contributed by atoms with Crippen molar-refractivity contribution in [1.82, 2.24) is 4.90 Å². The van der Waals surface area contributed by atoms with Crippen molar-refractivity contribution in [3.05, 3.63) is 0 Å². The largest absolute Gasteiger partial charge is 0.464 e. The van der Waals surface area contributed by atoms with Crippen molar-refractivity contribution in [2.45, 2.75) is 53.4 Å². The average molecular weight is 269 g/mol. The molecule has 1 rings (SSSR count). The molecule has 1 aliphatic carbocycles. The zero-order valence-electron chi connectivity index (χ0n) is 13.6. The highest BCUT2D eigenvalue weighted by Crippen LogP contribution is 2.51. The smallest absolute Gasteiger partial charge is 0.312 e. The molecule has 0 aromatic rings. The van der Waals surface area contributed by atoms with Gasteiger partial charge in [0.05, 0.1) is 5.41 Å². The molecule has 0 aromatic carbocycles. The Morgan fingerprint density at radius 3 is 2.53 bits per heavy atom. The van der Waals surface area contributed by atoms with Crippen LogP contribution in [-0.4, -0.2) is 38.1 Å². The summed E-state index contributed by atoms with van der Waals surface area (Å²) in [5.41, 5.74) is -0.0167. The molecule has 0 saturated heterocycles. The number of nitrogens with zero attached hydrogens (tertiary/aromatic N) is 1. The minimum atomic E-state index is -0.310. The molecule has 0 N–H and O–H groups in total. The average Bonchev–Trinajstić information content (AvgIpc) is 2.34. The summed E-state index contributed by atoms with van der Waals surface area (Å²) in [6, 6.07) is 0. The number of rotatable bonds is 5. The van der Waals surface area contributed by atoms with Gasteiger partial charge in [-0.1, -0.05) is 27.2 Å². The van der Waals surface area contributed by atoms with Crippen molar-refractivity contribution in [3.8, 4) is 0 Å². The summed E-state index contributed by atoms with van der Waals surface area (Å²) in [4.78, 5) is 14.5. The van der Waals surface area contributed by atoms with E-state index in [0.29, 0.717) is 17.9 Å². The van der Waals surface area contributed by atoms with E-state index < -0.39 is 0 Å². The van der Waals surface area contributed by atoms with Crippen molar-refractivity contribution in [2.24, 2.45) is 16.7 Å². The Hall–Kier alpha value is -0.570. The van der Waals surface area contributed by atoms with E-state index in [-0.39, 0.29) is 11.4 Å². The van der Waals surface area contributed by atoms with Gasteiger partial charge in [0.1, 0.15) is 6.61 Å². The number of likely N-dealkylation sites (N-methyl/N-ethyl adjacent to an activating group) is 1. The third kappa shape index (κ3) is 3.95. The summed E-state index contributed by atoms with van der Waals surface area (Å²) >= 11 is 0. The lowest BCUT2D eigenvalue weighted by atomic mass is 9.58. The lowest BCUT2D eigenvalue weighted by molar-refractivity contribution is -0.164. The SMILES string of the molecule is CCC1(C)CCC(C)C(C)(C(=O)OCCN(C)C)C1. The number of carbonyl (C=O) groups is 1. The van der Waals surface area contributed by atoms with Gasteiger partial charge in [-0.2, -0.15) is 0 Å². The zero-order chi connectivity index (χ0) is 14.7. The third-order valence-corrected chi connectivity index (χ3v) is 5.15. The van der Waals surface area contributed by atoms with Gasteiger partial charge in [-0.15, -0.1) is 0 Å². The molecule has 19 heavy (non-hydrogen) atoms. The predicted octanol–water partition coefficient (Wildman–Crippen LogP) is 3.33. The molecule has 0 aromatic heterocycles. The fraction of sp³-hybridized carbons (Fsp3) is 0.938. The highest BCUT2D eigenvalue weighted by Gasteiger charge is 2.48. The van der Waals surface area contributed by atoms with E-state index in [1.165, 1.54) is 6.42 Å². The summed E-state index contributed by atoms with van der Waals surface area (Å²) in [6.45, 7) is 10.1. The topological polar surface area (TPSA) is 29.5 Å². The van der Waals surface area contributed by atoms with Gasteiger partial charge in [0.25, 0.3) is 0 Å². The van der Waals surface area contributed by atoms with E-state index >= 15 is 0 Å². The zero-order valence-corrected chi connectivity index (χ0v) is 13.6. The molecule has 0 heterocycles. The number of esters is 1. The van der Waals surface area contributed by atoms with Gasteiger partial charge in [0, 0.05) is 6.54 Å². The maximum atomic E-state index is 12.5. The van der Waals surface area contributed by atoms with Crippen molar-refractivity contribution in [1.29, 1.82) is 0 Å². The molecule has 3 nitrogen and oxygen atoms in total. The first kappa shape index (κ1) is 16.5. The third-order valence-electron chi connectivity index (χ3n) is 5.15. The van der Waals surface area contributed by atoms with Crippen LogP contribution >= 0.6 is 0 Å². The van der Waals surface area contributed by atoms with E-state index in [4.69, 9.17) is 4.74 Å². The van der Waals surface area contributed by atoms with E-state index in [2.05, 4.69) is 27.7 Å². The van der Waals surface area contributed by atoms with Gasteiger partial charge in [-0.25, -0.2) is 0 Å². The van der Waals surface area contributed by atoms with Gasteiger partial charge < -0.3 is 9.64 Å². The van der Waals surface area contributed by atoms with E-state index in [1.807, 2.05) is 19.0 Å². The van der Waals surface area contributed by atoms with Crippen LogP contribution < -0.4 is 0 Å². The van der Waals surface area contributed by atoms with Crippen LogP contribution in [-0.2, 0) is 9.53 Å². The van der Waals surface area contributed by atoms with Crippen LogP contribution in [0.5, 0.6) is 0 Å². The first-order valence-corrected chi connectivity index (χ1v) is 7.55. The molecule has 0 amide bonds. The fourth-order valence-corrected chi connectivity index (χ4v) is 3.09. The summed E-state index contributed by atoms with van der Waals surface area (Å²) in [5.74, 6) is 0.417. The maximum absolute atomic E-state index is 12.5. The molecular formula is C16H31NO2. The first-order valence-electron chi connectivity index (χ1n) is 7.55. The molecule has 3 unspecified atom stereocenters. The molecule has 0 radical (unpaired) electrons. The van der Waals surface area contributed by atoms with Crippen molar-refractivity contribution in [3.63, 3.8) is 0 Å². The summed E-state index contributed by atoms with van der Waals surface area (Å²) < 4.78 is 5.52. The van der Waals surface area contributed by atoms with Gasteiger partial charge in [-0.3, -0.25) is 4.79 Å². The molecule has 1 aliphatic rings. The predicted molar refractivity (Wildman–Crippen MR) is 79.0 cm³/mol. The Labute approximate surface area is 118 Å². The number of hydrogen-bond donors (Lipinski definition) is 0. The highest BCUT2D eigenvalue weighted by molar-refractivity contribution is 5.77. The van der Waals surface area contributed by atoms with Crippen molar-refractivity contribution in [2.75, 3.05) is 27.2 Å². The fourth-order valence-electron chi connectivity index (χ4n) is 3.09. The molecule has 0 bridgehead atoms. The summed E-state index contributed by atoms with van der Waals surface area (Å²) in [7, 11) is 3.99. The summed E-state index contributed by atoms with van der Waals surface area (Å²) in [6.07, 6.45) is 4.45. The van der Waals surface area contributed by atoms with Crippen LogP contribution in [0.1, 0.15) is 53.4 Å². The van der Waals surface area contributed by atoms with Gasteiger partial charge in [0.15, 0.2) is 0 Å². The van der Waals surface area contributed by atoms with Gasteiger partial charge >= 0.3 is 5.97 Å². The van der Waals surface area contributed by atoms with Crippen molar-refractivity contribution < 1.29 is 9.53 Å². The van der Waals surface area contributed by atoms with Crippen LogP contribution in [0.2, 0.25) is 0 Å². The molecule has 3 heteroatoms. The minimum Gasteiger partial charge on any atom is -0.464 e. The standard InChI is InChI=1S/C16H31NO2/c1-7-15(3)9-8-13(2)16(4,12-15)14(18)19-11-10-17(5)6/h13H,7-12H2,1-6H3. The van der Waals surface area contributed by atoms with Crippen LogP contribution in [0.3, 0.4) is 0 Å². The second kappa shape index (κ2) is 6.25. The number of carbonyl (C=O) groups excluding carboxylic acids is 1. The summed E-state index contributed by atoms with van der Waals surface area (Å²) in [5, 5.41) is 0. The lowest BCUT2D eigenvalue weighted by Crippen LogP contribution is -2.45. The van der Waals surface area contributed by atoms with Crippen LogP contribution in [0.15, 0.2) is 0 Å². The normalized spacial score (nSPS) is 35.4. The number of ether oxygens (including phenoxy) is 1. The van der Waals surface area contributed by atoms with E-state index in [9.17, 15) is 4.79 Å². The quantitative estimate of drug-likeness (QED) is 0.717. The van der Waals surface area contributed by atoms with Crippen molar-refractivity contribution >= 4 is 5.97 Å². The Morgan fingerprint density at radius 1 is 1.37 bits per heavy atom. The molecule has 1 fully saturated rings. The molecule has 0 spiro atoms. The molecule has 0 aliphatic heterocycles. The van der Waals surface area contributed by atoms with Gasteiger partial charge in [-0.05, 0) is 51.6 Å². The van der Waals surface area contributed by atoms with E-state index in [1.54, 1.807) is 0 Å². The highest BCUT2D eigenvalue weighted by atomic mass is 16.5. The first-order chi connectivity index (χ1) is 8.73. The van der Waals surface area contributed by atoms with Gasteiger partial charge in [0.2, 0.25) is 0 Å². The second-order valence-electron chi connectivity index (χ2n) is 7.14. The van der Waals surface area contributed by atoms with E-state index in [0.717, 1.165) is 25.8 Å². The molecular weight excluding hydrogens is 238 g/mol. The van der Waals surface area contributed by atoms with Crippen LogP contribution in [0.25, 0.3) is 0 Å². The molecule has 112 valence electrons. The Morgan fingerprint density at radius 2 is 2.00 bits per heavy atom.